The molecule has 5 rings (SSSR count). The van der Waals surface area contributed by atoms with Crippen LogP contribution in [0.5, 0.6) is 5.88 Å². The Morgan fingerprint density at radius 1 is 1.36 bits per heavy atom. The number of nitrogens with zero attached hydrogens (tertiary/aromatic N) is 5. The second kappa shape index (κ2) is 9.05. The first-order valence-electron chi connectivity index (χ1n) is 11.4. The summed E-state index contributed by atoms with van der Waals surface area (Å²) in [5.74, 6) is 1.57. The SMILES string of the molecule is CCCCN(C)C(=O)[C@H]1CCc2c(sc3ncnc(Nc4cc5c(nc4OC)CN=C5)c23)C1. The summed E-state index contributed by atoms with van der Waals surface area (Å²) in [6.45, 7) is 3.55. The number of hydrogen-bond acceptors (Lipinski definition) is 8. The molecule has 0 aromatic carbocycles. The summed E-state index contributed by atoms with van der Waals surface area (Å²) in [6.07, 6.45) is 8.02. The van der Waals surface area contributed by atoms with Gasteiger partial charge < -0.3 is 15.0 Å². The average molecular weight is 465 g/mol. The van der Waals surface area contributed by atoms with Crippen LogP contribution in [0.15, 0.2) is 17.4 Å². The van der Waals surface area contributed by atoms with E-state index in [0.29, 0.717) is 12.4 Å². The highest BCUT2D eigenvalue weighted by Gasteiger charge is 2.30. The van der Waals surface area contributed by atoms with Crippen molar-refractivity contribution in [1.82, 2.24) is 19.9 Å². The molecule has 9 heteroatoms. The van der Waals surface area contributed by atoms with Gasteiger partial charge in [-0.2, -0.15) is 0 Å². The predicted molar refractivity (Wildman–Crippen MR) is 131 cm³/mol. The number of aromatic nitrogens is 3. The van der Waals surface area contributed by atoms with Gasteiger partial charge in [0.25, 0.3) is 0 Å². The van der Waals surface area contributed by atoms with E-state index in [-0.39, 0.29) is 11.8 Å². The zero-order valence-corrected chi connectivity index (χ0v) is 20.0. The third-order valence-corrected chi connectivity index (χ3v) is 7.60. The van der Waals surface area contributed by atoms with Gasteiger partial charge in [-0.15, -0.1) is 11.3 Å². The fraction of sp³-hybridized carbons (Fsp3) is 0.458. The summed E-state index contributed by atoms with van der Waals surface area (Å²) in [7, 11) is 3.54. The highest BCUT2D eigenvalue weighted by Crippen LogP contribution is 2.41. The van der Waals surface area contributed by atoms with E-state index in [1.54, 1.807) is 24.8 Å². The molecule has 1 N–H and O–H groups in total. The fourth-order valence-electron chi connectivity index (χ4n) is 4.62. The Morgan fingerprint density at radius 2 is 2.24 bits per heavy atom. The van der Waals surface area contributed by atoms with Gasteiger partial charge in [0.15, 0.2) is 0 Å². The summed E-state index contributed by atoms with van der Waals surface area (Å²) in [6, 6.07) is 2.01. The van der Waals surface area contributed by atoms with E-state index >= 15 is 0 Å². The van der Waals surface area contributed by atoms with Crippen LogP contribution in [0.2, 0.25) is 0 Å². The van der Waals surface area contributed by atoms with Crippen LogP contribution in [0.4, 0.5) is 11.5 Å². The highest BCUT2D eigenvalue weighted by atomic mass is 32.1. The van der Waals surface area contributed by atoms with E-state index in [4.69, 9.17) is 4.74 Å². The number of thiophene rings is 1. The quantitative estimate of drug-likeness (QED) is 0.565. The van der Waals surface area contributed by atoms with Gasteiger partial charge in [-0.05, 0) is 37.3 Å². The van der Waals surface area contributed by atoms with Crippen molar-refractivity contribution in [3.8, 4) is 5.88 Å². The number of ether oxygens (including phenoxy) is 1. The first-order chi connectivity index (χ1) is 16.1. The number of aliphatic imine (C=N–C) groups is 1. The third kappa shape index (κ3) is 4.06. The van der Waals surface area contributed by atoms with E-state index in [1.165, 1.54) is 10.4 Å². The molecule has 1 amide bonds. The molecular formula is C24H28N6O2S. The van der Waals surface area contributed by atoms with Crippen molar-refractivity contribution in [2.24, 2.45) is 10.9 Å². The molecule has 0 saturated carbocycles. The van der Waals surface area contributed by atoms with Gasteiger partial charge in [0.1, 0.15) is 22.7 Å². The Balaban J connectivity index is 1.44. The number of unbranched alkanes of at least 4 members (excludes halogenated alkanes) is 1. The van der Waals surface area contributed by atoms with Gasteiger partial charge in [-0.1, -0.05) is 13.3 Å². The molecule has 1 aliphatic heterocycles. The molecule has 0 radical (unpaired) electrons. The molecule has 0 saturated heterocycles. The number of rotatable bonds is 7. The summed E-state index contributed by atoms with van der Waals surface area (Å²) < 4.78 is 5.53. The number of pyridine rings is 1. The average Bonchev–Trinajstić information content (AvgIpc) is 3.45. The van der Waals surface area contributed by atoms with Crippen LogP contribution >= 0.6 is 11.3 Å². The number of nitrogens with one attached hydrogen (secondary N) is 1. The van der Waals surface area contributed by atoms with E-state index in [2.05, 4.69) is 32.2 Å². The Hall–Kier alpha value is -3.07. The number of carbonyl (C=O) groups excluding carboxylic acids is 1. The lowest BCUT2D eigenvalue weighted by molar-refractivity contribution is -0.134. The van der Waals surface area contributed by atoms with Gasteiger partial charge in [-0.25, -0.2) is 15.0 Å². The number of anilines is 2. The molecule has 172 valence electrons. The molecule has 4 heterocycles. The fourth-order valence-corrected chi connectivity index (χ4v) is 5.89. The van der Waals surface area contributed by atoms with E-state index in [9.17, 15) is 4.79 Å². The first kappa shape index (κ1) is 21.8. The van der Waals surface area contributed by atoms with E-state index in [1.807, 2.05) is 24.2 Å². The van der Waals surface area contributed by atoms with Crippen LogP contribution in [0.3, 0.4) is 0 Å². The van der Waals surface area contributed by atoms with Crippen LogP contribution in [-0.4, -0.2) is 52.7 Å². The summed E-state index contributed by atoms with van der Waals surface area (Å²) in [5, 5.41) is 4.48. The second-order valence-corrected chi connectivity index (χ2v) is 9.72. The van der Waals surface area contributed by atoms with Crippen molar-refractivity contribution in [1.29, 1.82) is 0 Å². The summed E-state index contributed by atoms with van der Waals surface area (Å²) in [5.41, 5.74) is 3.92. The van der Waals surface area contributed by atoms with Gasteiger partial charge >= 0.3 is 0 Å². The number of methoxy groups -OCH3 is 1. The standard InChI is InChI=1S/C24H28N6O2S/c1-4-5-8-30(2)24(31)14-6-7-16-19(10-14)33-23-20(16)21(26-13-27-23)28-17-9-15-11-25-12-18(15)29-22(17)32-3/h9,11,13-14H,4-8,10,12H2,1-3H3,(H,26,27,28)/t14-/m0/s1. The highest BCUT2D eigenvalue weighted by molar-refractivity contribution is 7.19. The monoisotopic (exact) mass is 464 g/mol. The predicted octanol–water partition coefficient (Wildman–Crippen LogP) is 4.13. The van der Waals surface area contributed by atoms with Crippen molar-refractivity contribution >= 4 is 45.2 Å². The van der Waals surface area contributed by atoms with Gasteiger partial charge in [0, 0.05) is 36.2 Å². The number of carbonyl (C=O) groups is 1. The van der Waals surface area contributed by atoms with Gasteiger partial charge in [-0.3, -0.25) is 9.79 Å². The molecule has 1 atom stereocenters. The molecular weight excluding hydrogens is 436 g/mol. The minimum Gasteiger partial charge on any atom is -0.480 e. The Morgan fingerprint density at radius 3 is 3.06 bits per heavy atom. The van der Waals surface area contributed by atoms with E-state index < -0.39 is 0 Å². The molecule has 3 aromatic heterocycles. The maximum atomic E-state index is 13.0. The molecule has 3 aromatic rings. The van der Waals surface area contributed by atoms with Crippen LogP contribution in [0.25, 0.3) is 10.2 Å². The van der Waals surface area contributed by atoms with Crippen molar-refractivity contribution in [2.75, 3.05) is 26.0 Å². The normalized spacial score (nSPS) is 16.5. The Bertz CT molecular complexity index is 1240. The zero-order chi connectivity index (χ0) is 22.9. The zero-order valence-electron chi connectivity index (χ0n) is 19.2. The Kier molecular flexibility index (Phi) is 5.97. The minimum absolute atomic E-state index is 0.0390. The molecule has 0 unspecified atom stereocenters. The molecule has 1 aliphatic carbocycles. The summed E-state index contributed by atoms with van der Waals surface area (Å²) >= 11 is 1.68. The van der Waals surface area contributed by atoms with Crippen LogP contribution in [0.1, 0.15) is 47.9 Å². The molecule has 33 heavy (non-hydrogen) atoms. The lowest BCUT2D eigenvalue weighted by Crippen LogP contribution is -2.36. The first-order valence-corrected chi connectivity index (χ1v) is 12.3. The van der Waals surface area contributed by atoms with Gasteiger partial charge in [0.2, 0.25) is 11.8 Å². The molecule has 8 nitrogen and oxygen atoms in total. The topological polar surface area (TPSA) is 92.6 Å². The number of aryl methyl sites for hydroxylation is 1. The molecule has 0 bridgehead atoms. The van der Waals surface area contributed by atoms with E-state index in [0.717, 1.165) is 71.6 Å². The van der Waals surface area contributed by atoms with Gasteiger partial charge in [0.05, 0.1) is 24.7 Å². The maximum Gasteiger partial charge on any atom is 0.237 e. The Labute approximate surface area is 197 Å². The smallest absolute Gasteiger partial charge is 0.237 e. The lowest BCUT2D eigenvalue weighted by atomic mass is 9.87. The second-order valence-electron chi connectivity index (χ2n) is 8.64. The molecule has 0 fully saturated rings. The lowest BCUT2D eigenvalue weighted by Gasteiger charge is -2.26. The minimum atomic E-state index is 0.0390. The van der Waals surface area contributed by atoms with Crippen molar-refractivity contribution < 1.29 is 9.53 Å². The van der Waals surface area contributed by atoms with Crippen molar-refractivity contribution in [3.63, 3.8) is 0 Å². The largest absolute Gasteiger partial charge is 0.480 e. The number of amides is 1. The maximum absolute atomic E-state index is 13.0. The third-order valence-electron chi connectivity index (χ3n) is 6.44. The molecule has 0 spiro atoms. The van der Waals surface area contributed by atoms with Crippen LogP contribution in [-0.2, 0) is 24.2 Å². The number of fused-ring (bicyclic) bond motifs is 4. The van der Waals surface area contributed by atoms with Crippen molar-refractivity contribution in [2.45, 2.75) is 45.6 Å². The summed E-state index contributed by atoms with van der Waals surface area (Å²) in [4.78, 5) is 35.0. The molecule has 2 aliphatic rings. The van der Waals surface area contributed by atoms with Crippen LogP contribution in [0, 0.1) is 5.92 Å². The number of hydrogen-bond donors (Lipinski definition) is 1. The van der Waals surface area contributed by atoms with Crippen molar-refractivity contribution in [3.05, 3.63) is 34.1 Å². The van der Waals surface area contributed by atoms with Crippen LogP contribution < -0.4 is 10.1 Å².